The van der Waals surface area contributed by atoms with E-state index in [0.717, 1.165) is 0 Å². The van der Waals surface area contributed by atoms with Crippen molar-refractivity contribution in [3.05, 3.63) is 24.2 Å². The van der Waals surface area contributed by atoms with Crippen molar-refractivity contribution in [1.29, 1.82) is 0 Å². The molecule has 0 aliphatic rings. The van der Waals surface area contributed by atoms with Crippen LogP contribution < -0.4 is 0 Å². The van der Waals surface area contributed by atoms with Crippen LogP contribution in [0.3, 0.4) is 0 Å². The average molecular weight is 223 g/mol. The van der Waals surface area contributed by atoms with Crippen LogP contribution in [0, 0.1) is 0 Å². The highest BCUT2D eigenvalue weighted by molar-refractivity contribution is 5.94. The number of carboxylic acid groups (broad SMARTS) is 2. The number of nitrogens with zero attached hydrogens (tertiary/aromatic N) is 3. The Bertz CT molecular complexity index is 554. The van der Waals surface area contributed by atoms with E-state index in [2.05, 4.69) is 5.10 Å². The van der Waals surface area contributed by atoms with Crippen LogP contribution in [0.1, 0.15) is 16.8 Å². The Morgan fingerprint density at radius 1 is 1.31 bits per heavy atom. The zero-order chi connectivity index (χ0) is 11.7. The fraction of sp³-hybridized carbons (Fsp3) is 0.222. The van der Waals surface area contributed by atoms with Gasteiger partial charge in [0.25, 0.3) is 0 Å². The molecule has 0 unspecified atom stereocenters. The van der Waals surface area contributed by atoms with Crippen LogP contribution in [-0.4, -0.2) is 36.3 Å². The molecule has 0 aliphatic carbocycles. The third-order valence-corrected chi connectivity index (χ3v) is 2.23. The molecule has 0 saturated heterocycles. The zero-order valence-corrected chi connectivity index (χ0v) is 8.20. The van der Waals surface area contributed by atoms with Gasteiger partial charge < -0.3 is 14.8 Å². The SMILES string of the molecule is O=C(O)CCn1ccn2ncc(C(=O)O)c12. The normalized spacial score (nSPS) is 10.8. The van der Waals surface area contributed by atoms with E-state index in [1.807, 2.05) is 0 Å². The number of hydrogen-bond acceptors (Lipinski definition) is 3. The molecule has 0 amide bonds. The smallest absolute Gasteiger partial charge is 0.341 e. The number of fused-ring (bicyclic) bond motifs is 1. The Balaban J connectivity index is 2.41. The van der Waals surface area contributed by atoms with Gasteiger partial charge in [-0.3, -0.25) is 4.79 Å². The number of aliphatic carboxylic acids is 1. The standard InChI is InChI=1S/C9H9N3O4/c13-7(14)1-2-11-3-4-12-8(11)6(5-10-12)9(15)16/h3-5H,1-2H2,(H,13,14)(H,15,16). The molecule has 0 bridgehead atoms. The lowest BCUT2D eigenvalue weighted by Crippen LogP contribution is -2.06. The minimum Gasteiger partial charge on any atom is -0.481 e. The highest BCUT2D eigenvalue weighted by Gasteiger charge is 2.15. The highest BCUT2D eigenvalue weighted by Crippen LogP contribution is 2.12. The number of aromatic nitrogens is 3. The fourth-order valence-corrected chi connectivity index (χ4v) is 1.51. The van der Waals surface area contributed by atoms with E-state index in [1.54, 1.807) is 17.0 Å². The lowest BCUT2D eigenvalue weighted by molar-refractivity contribution is -0.137. The van der Waals surface area contributed by atoms with Gasteiger partial charge in [-0.15, -0.1) is 0 Å². The average Bonchev–Trinajstić information content (AvgIpc) is 2.74. The van der Waals surface area contributed by atoms with E-state index in [-0.39, 0.29) is 18.5 Å². The quantitative estimate of drug-likeness (QED) is 0.777. The summed E-state index contributed by atoms with van der Waals surface area (Å²) in [5, 5.41) is 21.3. The molecule has 0 fully saturated rings. The van der Waals surface area contributed by atoms with Crippen LogP contribution in [-0.2, 0) is 11.3 Å². The third kappa shape index (κ3) is 1.62. The number of hydrogen-bond donors (Lipinski definition) is 2. The molecular formula is C9H9N3O4. The maximum Gasteiger partial charge on any atom is 0.341 e. The van der Waals surface area contributed by atoms with Crippen LogP contribution in [0.2, 0.25) is 0 Å². The predicted octanol–water partition coefficient (Wildman–Crippen LogP) is 0.309. The topological polar surface area (TPSA) is 96.8 Å². The second-order valence-corrected chi connectivity index (χ2v) is 3.27. The number of aromatic carboxylic acids is 1. The maximum absolute atomic E-state index is 10.9. The molecule has 84 valence electrons. The summed E-state index contributed by atoms with van der Waals surface area (Å²) < 4.78 is 2.97. The van der Waals surface area contributed by atoms with Crippen molar-refractivity contribution >= 4 is 17.6 Å². The second-order valence-electron chi connectivity index (χ2n) is 3.27. The lowest BCUT2D eigenvalue weighted by atomic mass is 10.3. The summed E-state index contributed by atoms with van der Waals surface area (Å²) in [5.74, 6) is -2.01. The molecule has 7 nitrogen and oxygen atoms in total. The number of carboxylic acids is 2. The largest absolute Gasteiger partial charge is 0.481 e. The van der Waals surface area contributed by atoms with Gasteiger partial charge in [-0.1, -0.05) is 0 Å². The lowest BCUT2D eigenvalue weighted by Gasteiger charge is -2.01. The van der Waals surface area contributed by atoms with Crippen molar-refractivity contribution in [2.24, 2.45) is 0 Å². The minimum atomic E-state index is -1.08. The maximum atomic E-state index is 10.9. The number of imidazole rings is 1. The Morgan fingerprint density at radius 3 is 2.69 bits per heavy atom. The van der Waals surface area contributed by atoms with Crippen molar-refractivity contribution in [3.63, 3.8) is 0 Å². The highest BCUT2D eigenvalue weighted by atomic mass is 16.4. The first-order valence-electron chi connectivity index (χ1n) is 4.57. The first-order chi connectivity index (χ1) is 7.59. The molecule has 16 heavy (non-hydrogen) atoms. The molecule has 0 radical (unpaired) electrons. The van der Waals surface area contributed by atoms with Gasteiger partial charge in [-0.25, -0.2) is 9.31 Å². The van der Waals surface area contributed by atoms with E-state index >= 15 is 0 Å². The summed E-state index contributed by atoms with van der Waals surface area (Å²) in [7, 11) is 0. The molecule has 2 rings (SSSR count). The first kappa shape index (κ1) is 10.2. The van der Waals surface area contributed by atoms with Crippen molar-refractivity contribution < 1.29 is 19.8 Å². The van der Waals surface area contributed by atoms with Gasteiger partial charge in [-0.2, -0.15) is 5.10 Å². The van der Waals surface area contributed by atoms with Gasteiger partial charge in [0.1, 0.15) is 11.2 Å². The molecule has 0 saturated carbocycles. The summed E-state index contributed by atoms with van der Waals surface area (Å²) in [4.78, 5) is 21.3. The van der Waals surface area contributed by atoms with Crippen LogP contribution >= 0.6 is 0 Å². The fourth-order valence-electron chi connectivity index (χ4n) is 1.51. The van der Waals surface area contributed by atoms with Crippen LogP contribution in [0.15, 0.2) is 18.6 Å². The molecule has 7 heteroatoms. The minimum absolute atomic E-state index is 0.0609. The summed E-state index contributed by atoms with van der Waals surface area (Å²) in [6, 6.07) is 0. The molecule has 0 atom stereocenters. The van der Waals surface area contributed by atoms with E-state index in [0.29, 0.717) is 5.65 Å². The monoisotopic (exact) mass is 223 g/mol. The molecule has 2 aromatic heterocycles. The summed E-state index contributed by atoms with van der Waals surface area (Å²) >= 11 is 0. The Hall–Kier alpha value is -2.31. The van der Waals surface area contributed by atoms with Crippen molar-refractivity contribution in [3.8, 4) is 0 Å². The van der Waals surface area contributed by atoms with E-state index in [9.17, 15) is 9.59 Å². The van der Waals surface area contributed by atoms with Crippen LogP contribution in [0.5, 0.6) is 0 Å². The molecule has 0 aliphatic heterocycles. The van der Waals surface area contributed by atoms with Crippen molar-refractivity contribution in [2.45, 2.75) is 13.0 Å². The van der Waals surface area contributed by atoms with Crippen molar-refractivity contribution in [2.75, 3.05) is 0 Å². The first-order valence-corrected chi connectivity index (χ1v) is 4.57. The summed E-state index contributed by atoms with van der Waals surface area (Å²) in [5.41, 5.74) is 0.462. The van der Waals surface area contributed by atoms with Gasteiger partial charge >= 0.3 is 11.9 Å². The zero-order valence-electron chi connectivity index (χ0n) is 8.20. The Kier molecular flexibility index (Phi) is 2.35. The predicted molar refractivity (Wildman–Crippen MR) is 52.4 cm³/mol. The van der Waals surface area contributed by atoms with Gasteiger partial charge in [-0.05, 0) is 0 Å². The Labute approximate surface area is 89.5 Å². The van der Waals surface area contributed by atoms with Gasteiger partial charge in [0.15, 0.2) is 0 Å². The van der Waals surface area contributed by atoms with E-state index in [4.69, 9.17) is 10.2 Å². The van der Waals surface area contributed by atoms with Gasteiger partial charge in [0.05, 0.1) is 12.6 Å². The van der Waals surface area contributed by atoms with Gasteiger partial charge in [0, 0.05) is 18.9 Å². The van der Waals surface area contributed by atoms with E-state index in [1.165, 1.54) is 10.7 Å². The molecule has 0 aromatic carbocycles. The third-order valence-electron chi connectivity index (χ3n) is 2.23. The summed E-state index contributed by atoms with van der Waals surface area (Å²) in [6.45, 7) is 0.220. The summed E-state index contributed by atoms with van der Waals surface area (Å²) in [6.07, 6.45) is 4.38. The van der Waals surface area contributed by atoms with Crippen molar-refractivity contribution in [1.82, 2.24) is 14.2 Å². The molecule has 2 heterocycles. The second kappa shape index (κ2) is 3.69. The van der Waals surface area contributed by atoms with E-state index < -0.39 is 11.9 Å². The molecule has 0 spiro atoms. The Morgan fingerprint density at radius 2 is 2.06 bits per heavy atom. The number of rotatable bonds is 4. The van der Waals surface area contributed by atoms with Crippen LogP contribution in [0.25, 0.3) is 5.65 Å². The number of carbonyl (C=O) groups is 2. The van der Waals surface area contributed by atoms with Crippen LogP contribution in [0.4, 0.5) is 0 Å². The molecule has 2 N–H and O–H groups in total. The molecule has 2 aromatic rings. The molecular weight excluding hydrogens is 214 g/mol. The number of aryl methyl sites for hydroxylation is 1. The van der Waals surface area contributed by atoms with Gasteiger partial charge in [0.2, 0.25) is 0 Å².